The molecule has 0 unspecified atom stereocenters. The number of morpholine rings is 1. The molecule has 0 radical (unpaired) electrons. The predicted octanol–water partition coefficient (Wildman–Crippen LogP) is 5.16. The van der Waals surface area contributed by atoms with Crippen LogP contribution < -0.4 is 15.5 Å². The van der Waals surface area contributed by atoms with Gasteiger partial charge in [-0.2, -0.15) is 0 Å². The van der Waals surface area contributed by atoms with E-state index in [0.29, 0.717) is 0 Å². The average molecular weight is 444 g/mol. The Morgan fingerprint density at radius 2 is 1.66 bits per heavy atom. The Balaban J connectivity index is 1.54. The largest absolute Gasteiger partial charge is 0.378 e. The smallest absolute Gasteiger partial charge is 0.129 e. The maximum Gasteiger partial charge on any atom is 0.129 e. The first-order chi connectivity index (χ1) is 15.8. The molecule has 5 heteroatoms. The fourth-order valence-electron chi connectivity index (χ4n) is 4.24. The predicted molar refractivity (Wildman–Crippen MR) is 133 cm³/mol. The molecular formula is C27H26ClN3O. The zero-order valence-electron chi connectivity index (χ0n) is 18.0. The molecule has 2 heterocycles. The lowest BCUT2D eigenvalue weighted by Crippen LogP contribution is -2.36. The summed E-state index contributed by atoms with van der Waals surface area (Å²) in [6.07, 6.45) is 5.15. The second-order valence-electron chi connectivity index (χ2n) is 8.08. The molecule has 0 spiro atoms. The number of ether oxygens (including phenoxy) is 1. The number of nitrogens with zero attached hydrogens (tertiary/aromatic N) is 3. The van der Waals surface area contributed by atoms with Crippen LogP contribution in [0.5, 0.6) is 0 Å². The molecule has 2 aliphatic heterocycles. The summed E-state index contributed by atoms with van der Waals surface area (Å²) in [5.41, 5.74) is 4.19. The normalized spacial score (nSPS) is 18.7. The van der Waals surface area contributed by atoms with E-state index in [1.807, 2.05) is 24.3 Å². The molecule has 2 aliphatic rings. The molecular weight excluding hydrogens is 418 g/mol. The minimum absolute atomic E-state index is 0.732. The number of hydrogen-bond donors (Lipinski definition) is 0. The molecule has 3 aromatic carbocycles. The first-order valence-corrected chi connectivity index (χ1v) is 11.6. The number of fused-ring (bicyclic) bond motifs is 1. The van der Waals surface area contributed by atoms with E-state index in [0.717, 1.165) is 83.8 Å². The van der Waals surface area contributed by atoms with E-state index in [1.165, 1.54) is 5.69 Å². The summed E-state index contributed by atoms with van der Waals surface area (Å²) >= 11 is 6.53. The van der Waals surface area contributed by atoms with Crippen molar-refractivity contribution < 1.29 is 4.74 Å². The number of halogens is 1. The first-order valence-electron chi connectivity index (χ1n) is 11.2. The maximum atomic E-state index is 6.53. The van der Waals surface area contributed by atoms with Gasteiger partial charge >= 0.3 is 0 Å². The lowest BCUT2D eigenvalue weighted by atomic mass is 10.0. The average Bonchev–Trinajstić information content (AvgIpc) is 2.82. The van der Waals surface area contributed by atoms with Crippen LogP contribution in [0.3, 0.4) is 0 Å². The maximum absolute atomic E-state index is 6.53. The molecule has 0 bridgehead atoms. The van der Waals surface area contributed by atoms with Gasteiger partial charge in [0.1, 0.15) is 5.84 Å². The highest BCUT2D eigenvalue weighted by Gasteiger charge is 2.12. The van der Waals surface area contributed by atoms with Gasteiger partial charge in [0.2, 0.25) is 0 Å². The summed E-state index contributed by atoms with van der Waals surface area (Å²) in [5.74, 6) is 0.859. The Hall–Kier alpha value is -2.95. The topological polar surface area (TPSA) is 37.2 Å². The van der Waals surface area contributed by atoms with Crippen molar-refractivity contribution in [1.82, 2.24) is 0 Å². The Morgan fingerprint density at radius 3 is 2.47 bits per heavy atom. The summed E-state index contributed by atoms with van der Waals surface area (Å²) in [6.45, 7) is 3.43. The SMILES string of the molecule is Clc1ccccc1-c1ccc/c2c1=NC(=Nc1ccc(N3CCOCC3)cc1)CCC\C=2. The Labute approximate surface area is 193 Å². The summed E-state index contributed by atoms with van der Waals surface area (Å²) in [5, 5.41) is 2.82. The van der Waals surface area contributed by atoms with Gasteiger partial charge in [-0.25, -0.2) is 9.98 Å². The van der Waals surface area contributed by atoms with Gasteiger partial charge in [0.15, 0.2) is 0 Å². The Morgan fingerprint density at radius 1 is 0.875 bits per heavy atom. The highest BCUT2D eigenvalue weighted by atomic mass is 35.5. The molecule has 32 heavy (non-hydrogen) atoms. The summed E-state index contributed by atoms with van der Waals surface area (Å²) in [6, 6.07) is 22.7. The van der Waals surface area contributed by atoms with Crippen molar-refractivity contribution in [3.8, 4) is 11.1 Å². The lowest BCUT2D eigenvalue weighted by Gasteiger charge is -2.28. The number of para-hydroxylation sites is 1. The van der Waals surface area contributed by atoms with E-state index < -0.39 is 0 Å². The minimum atomic E-state index is 0.732. The number of rotatable bonds is 3. The third-order valence-electron chi connectivity index (χ3n) is 5.92. The van der Waals surface area contributed by atoms with Gasteiger partial charge in [0, 0.05) is 41.3 Å². The van der Waals surface area contributed by atoms with E-state index in [2.05, 4.69) is 53.4 Å². The standard InChI is InChI=1S/C27H26ClN3O/c28-25-10-3-2-8-23(25)24-9-5-7-20-6-1-4-11-26(30-27(20)24)29-21-12-14-22(15-13-21)31-16-18-32-19-17-31/h2-3,5-10,12-15H,1,4,11,16-19H2/b20-6-,29-26?,30-27?. The molecule has 0 atom stereocenters. The monoisotopic (exact) mass is 443 g/mol. The van der Waals surface area contributed by atoms with Gasteiger partial charge in [-0.15, -0.1) is 0 Å². The molecule has 3 aromatic rings. The van der Waals surface area contributed by atoms with Crippen molar-refractivity contribution in [2.24, 2.45) is 9.98 Å². The molecule has 0 saturated carbocycles. The number of aliphatic imine (C=N–C) groups is 1. The van der Waals surface area contributed by atoms with Crippen molar-refractivity contribution in [2.45, 2.75) is 19.3 Å². The zero-order valence-corrected chi connectivity index (χ0v) is 18.8. The fraction of sp³-hybridized carbons (Fsp3) is 0.259. The molecule has 0 aromatic heterocycles. The first kappa shape index (κ1) is 20.9. The van der Waals surface area contributed by atoms with Crippen LogP contribution in [0.4, 0.5) is 11.4 Å². The van der Waals surface area contributed by atoms with Crippen molar-refractivity contribution in [1.29, 1.82) is 0 Å². The van der Waals surface area contributed by atoms with Crippen LogP contribution in [0.2, 0.25) is 5.02 Å². The Bertz CT molecular complexity index is 1240. The lowest BCUT2D eigenvalue weighted by molar-refractivity contribution is 0.122. The summed E-state index contributed by atoms with van der Waals surface area (Å²) in [4.78, 5) is 12.3. The molecule has 162 valence electrons. The number of benzene rings is 3. The van der Waals surface area contributed by atoms with Gasteiger partial charge in [0.25, 0.3) is 0 Å². The molecule has 4 nitrogen and oxygen atoms in total. The zero-order chi connectivity index (χ0) is 21.8. The van der Waals surface area contributed by atoms with E-state index in [4.69, 9.17) is 26.3 Å². The van der Waals surface area contributed by atoms with Crippen LogP contribution in [0.15, 0.2) is 76.7 Å². The minimum Gasteiger partial charge on any atom is -0.378 e. The summed E-state index contributed by atoms with van der Waals surface area (Å²) in [7, 11) is 0. The molecule has 0 aliphatic carbocycles. The highest BCUT2D eigenvalue weighted by Crippen LogP contribution is 2.25. The van der Waals surface area contributed by atoms with E-state index in [-0.39, 0.29) is 0 Å². The van der Waals surface area contributed by atoms with Crippen molar-refractivity contribution in [3.63, 3.8) is 0 Å². The fourth-order valence-corrected chi connectivity index (χ4v) is 4.48. The van der Waals surface area contributed by atoms with Gasteiger partial charge in [0.05, 0.1) is 24.3 Å². The van der Waals surface area contributed by atoms with Gasteiger partial charge in [-0.3, -0.25) is 0 Å². The quantitative estimate of drug-likeness (QED) is 0.560. The number of hydrogen-bond acceptors (Lipinski definition) is 3. The van der Waals surface area contributed by atoms with Crippen molar-refractivity contribution in [3.05, 3.63) is 82.3 Å². The van der Waals surface area contributed by atoms with Gasteiger partial charge < -0.3 is 9.64 Å². The van der Waals surface area contributed by atoms with Gasteiger partial charge in [-0.05, 0) is 48.4 Å². The molecule has 0 N–H and O–H groups in total. The third kappa shape index (κ3) is 4.62. The third-order valence-corrected chi connectivity index (χ3v) is 6.25. The summed E-state index contributed by atoms with van der Waals surface area (Å²) < 4.78 is 5.46. The van der Waals surface area contributed by atoms with Crippen LogP contribution >= 0.6 is 11.6 Å². The number of anilines is 1. The van der Waals surface area contributed by atoms with Crippen LogP contribution in [0, 0.1) is 0 Å². The van der Waals surface area contributed by atoms with E-state index >= 15 is 0 Å². The molecule has 1 fully saturated rings. The van der Waals surface area contributed by atoms with Crippen LogP contribution in [-0.4, -0.2) is 32.1 Å². The van der Waals surface area contributed by atoms with Crippen LogP contribution in [-0.2, 0) is 4.74 Å². The van der Waals surface area contributed by atoms with Gasteiger partial charge in [-0.1, -0.05) is 54.1 Å². The second kappa shape index (κ2) is 9.68. The van der Waals surface area contributed by atoms with Crippen molar-refractivity contribution in [2.75, 3.05) is 31.2 Å². The van der Waals surface area contributed by atoms with E-state index in [1.54, 1.807) is 0 Å². The molecule has 1 saturated heterocycles. The van der Waals surface area contributed by atoms with Crippen LogP contribution in [0.25, 0.3) is 17.2 Å². The molecule has 5 rings (SSSR count). The molecule has 0 amide bonds. The van der Waals surface area contributed by atoms with E-state index in [9.17, 15) is 0 Å². The van der Waals surface area contributed by atoms with Crippen molar-refractivity contribution >= 4 is 34.9 Å². The highest BCUT2D eigenvalue weighted by molar-refractivity contribution is 6.33. The number of amidine groups is 1. The Kier molecular flexibility index (Phi) is 6.33. The second-order valence-corrected chi connectivity index (χ2v) is 8.48. The van der Waals surface area contributed by atoms with Crippen LogP contribution in [0.1, 0.15) is 19.3 Å².